The van der Waals surface area contributed by atoms with Crippen molar-refractivity contribution in [3.63, 3.8) is 0 Å². The zero-order valence-electron chi connectivity index (χ0n) is 22.0. The molecule has 3 aromatic carbocycles. The van der Waals surface area contributed by atoms with Crippen molar-refractivity contribution in [2.45, 2.75) is 25.1 Å². The third kappa shape index (κ3) is 5.45. The van der Waals surface area contributed by atoms with E-state index in [4.69, 9.17) is 4.99 Å². The molecular weight excluding hydrogens is 527 g/mol. The summed E-state index contributed by atoms with van der Waals surface area (Å²) in [6, 6.07) is 16.5. The van der Waals surface area contributed by atoms with Crippen molar-refractivity contribution in [2.75, 3.05) is 44.2 Å². The van der Waals surface area contributed by atoms with Crippen LogP contribution in [0.1, 0.15) is 30.0 Å². The Balaban J connectivity index is 1.21. The van der Waals surface area contributed by atoms with E-state index in [9.17, 15) is 26.7 Å². The molecule has 0 aliphatic carbocycles. The molecule has 0 bridgehead atoms. The minimum absolute atomic E-state index is 0.268. The highest BCUT2D eigenvalue weighted by molar-refractivity contribution is 6.09. The number of halogens is 5. The largest absolute Gasteiger partial charge is 0.416 e. The third-order valence-corrected chi connectivity index (χ3v) is 7.59. The molecule has 1 saturated heterocycles. The van der Waals surface area contributed by atoms with E-state index in [-0.39, 0.29) is 5.91 Å². The molecule has 210 valence electrons. The Morgan fingerprint density at radius 1 is 0.775 bits per heavy atom. The van der Waals surface area contributed by atoms with Gasteiger partial charge in [-0.3, -0.25) is 14.6 Å². The Bertz CT molecular complexity index is 1320. The molecule has 0 radical (unpaired) electrons. The van der Waals surface area contributed by atoms with Gasteiger partial charge in [0.2, 0.25) is 0 Å². The fourth-order valence-electron chi connectivity index (χ4n) is 5.42. The summed E-state index contributed by atoms with van der Waals surface area (Å²) in [4.78, 5) is 24.6. The van der Waals surface area contributed by atoms with E-state index in [1.807, 2.05) is 0 Å². The van der Waals surface area contributed by atoms with Gasteiger partial charge in [-0.15, -0.1) is 0 Å². The van der Waals surface area contributed by atoms with Crippen LogP contribution in [0.4, 0.5) is 27.6 Å². The van der Waals surface area contributed by atoms with Gasteiger partial charge in [-0.25, -0.2) is 13.8 Å². The van der Waals surface area contributed by atoms with Gasteiger partial charge in [0, 0.05) is 38.4 Å². The van der Waals surface area contributed by atoms with E-state index in [1.165, 1.54) is 60.7 Å². The monoisotopic (exact) mass is 556 g/mol. The number of amides is 1. The maximum absolute atomic E-state index is 13.9. The Kier molecular flexibility index (Phi) is 7.63. The summed E-state index contributed by atoms with van der Waals surface area (Å²) in [6.07, 6.45) is -3.67. The van der Waals surface area contributed by atoms with Gasteiger partial charge in [0.15, 0.2) is 5.54 Å². The van der Waals surface area contributed by atoms with E-state index in [2.05, 4.69) is 9.80 Å². The summed E-state index contributed by atoms with van der Waals surface area (Å²) >= 11 is 0. The predicted octanol–water partition coefficient (Wildman–Crippen LogP) is 5.70. The fraction of sp³-hybridized carbons (Fsp3) is 0.333. The van der Waals surface area contributed by atoms with Crippen LogP contribution >= 0.6 is 0 Å². The molecule has 2 aliphatic rings. The first-order chi connectivity index (χ1) is 19.1. The number of amidine groups is 1. The number of hydrogen-bond donors (Lipinski definition) is 0. The second-order valence-corrected chi connectivity index (χ2v) is 10.1. The van der Waals surface area contributed by atoms with Crippen molar-refractivity contribution in [1.82, 2.24) is 9.80 Å². The third-order valence-electron chi connectivity index (χ3n) is 7.59. The van der Waals surface area contributed by atoms with Crippen LogP contribution < -0.4 is 4.90 Å². The van der Waals surface area contributed by atoms with Crippen LogP contribution in [0, 0.1) is 11.6 Å². The average molecular weight is 557 g/mol. The molecule has 10 heteroatoms. The summed E-state index contributed by atoms with van der Waals surface area (Å²) < 4.78 is 66.0. The van der Waals surface area contributed by atoms with Gasteiger partial charge < -0.3 is 4.90 Å². The van der Waals surface area contributed by atoms with Crippen molar-refractivity contribution >= 4 is 17.4 Å². The van der Waals surface area contributed by atoms with E-state index in [0.717, 1.165) is 37.5 Å². The quantitative estimate of drug-likeness (QED) is 0.351. The number of carbonyl (C=O) groups excluding carboxylic acids is 1. The van der Waals surface area contributed by atoms with E-state index in [0.29, 0.717) is 43.0 Å². The van der Waals surface area contributed by atoms with Gasteiger partial charge in [0.1, 0.15) is 17.5 Å². The first-order valence-electron chi connectivity index (χ1n) is 13.1. The molecule has 0 atom stereocenters. The predicted molar refractivity (Wildman–Crippen MR) is 143 cm³/mol. The van der Waals surface area contributed by atoms with Crippen LogP contribution in [0.5, 0.6) is 0 Å². The summed E-state index contributed by atoms with van der Waals surface area (Å²) in [5.41, 5.74) is -0.301. The van der Waals surface area contributed by atoms with Crippen LogP contribution in [0.3, 0.4) is 0 Å². The first-order valence-corrected chi connectivity index (χ1v) is 13.1. The van der Waals surface area contributed by atoms with Gasteiger partial charge in [0.05, 0.1) is 5.56 Å². The lowest BCUT2D eigenvalue weighted by atomic mass is 9.82. The van der Waals surface area contributed by atoms with Crippen LogP contribution in [0.15, 0.2) is 77.8 Å². The SMILES string of the molecule is CC1=NC(c2ccc(F)cc2)(c2ccc(F)cc2)C(=O)N1CCCN1CCN(c2ccc(C(F)(F)F)cc2)CC1. The molecule has 0 spiro atoms. The van der Waals surface area contributed by atoms with Crippen molar-refractivity contribution in [2.24, 2.45) is 4.99 Å². The van der Waals surface area contributed by atoms with Gasteiger partial charge in [-0.1, -0.05) is 24.3 Å². The van der Waals surface area contributed by atoms with Crippen LogP contribution in [-0.4, -0.2) is 60.8 Å². The molecule has 0 N–H and O–H groups in total. The average Bonchev–Trinajstić information content (AvgIpc) is 3.19. The maximum atomic E-state index is 13.9. The van der Waals surface area contributed by atoms with Crippen molar-refractivity contribution in [3.8, 4) is 0 Å². The number of anilines is 1. The molecule has 2 heterocycles. The lowest BCUT2D eigenvalue weighted by molar-refractivity contribution is -0.137. The lowest BCUT2D eigenvalue weighted by Crippen LogP contribution is -2.47. The van der Waals surface area contributed by atoms with E-state index < -0.39 is 28.9 Å². The molecule has 5 rings (SSSR count). The molecule has 2 aliphatic heterocycles. The number of aliphatic imine (C=N–C) groups is 1. The molecule has 1 amide bonds. The van der Waals surface area contributed by atoms with Gasteiger partial charge in [0.25, 0.3) is 5.91 Å². The highest BCUT2D eigenvalue weighted by Crippen LogP contribution is 2.40. The number of alkyl halides is 3. The van der Waals surface area contributed by atoms with Crippen molar-refractivity contribution in [1.29, 1.82) is 0 Å². The normalized spacial score (nSPS) is 17.9. The zero-order chi connectivity index (χ0) is 28.5. The van der Waals surface area contributed by atoms with Gasteiger partial charge in [-0.05, 0) is 79.5 Å². The number of carbonyl (C=O) groups is 1. The molecule has 40 heavy (non-hydrogen) atoms. The smallest absolute Gasteiger partial charge is 0.369 e. The van der Waals surface area contributed by atoms with Gasteiger partial charge in [-0.2, -0.15) is 13.2 Å². The Labute approximate surface area is 229 Å². The number of nitrogens with zero attached hydrogens (tertiary/aromatic N) is 4. The topological polar surface area (TPSA) is 39.2 Å². The number of piperazine rings is 1. The second kappa shape index (κ2) is 11.0. The first kappa shape index (κ1) is 27.8. The summed E-state index contributed by atoms with van der Waals surface area (Å²) in [6.45, 7) is 5.79. The van der Waals surface area contributed by atoms with E-state index in [1.54, 1.807) is 11.8 Å². The van der Waals surface area contributed by atoms with Crippen molar-refractivity contribution < 1.29 is 26.7 Å². The zero-order valence-corrected chi connectivity index (χ0v) is 22.0. The standard InChI is InChI=1S/C30H29F5N4O/c1-21-36-29(22-3-9-25(31)10-4-22,23-5-11-26(32)12-6-23)28(40)39(21)16-2-15-37-17-19-38(20-18-37)27-13-7-24(8-14-27)30(33,34)35/h3-14H,2,15-20H2,1H3. The lowest BCUT2D eigenvalue weighted by Gasteiger charge is -2.36. The van der Waals surface area contributed by atoms with Crippen LogP contribution in [0.25, 0.3) is 0 Å². The van der Waals surface area contributed by atoms with Crippen LogP contribution in [0.2, 0.25) is 0 Å². The maximum Gasteiger partial charge on any atom is 0.416 e. The fourth-order valence-corrected chi connectivity index (χ4v) is 5.42. The molecule has 0 aromatic heterocycles. The van der Waals surface area contributed by atoms with Crippen LogP contribution in [-0.2, 0) is 16.5 Å². The minimum Gasteiger partial charge on any atom is -0.369 e. The summed E-state index contributed by atoms with van der Waals surface area (Å²) in [5.74, 6) is -0.597. The van der Waals surface area contributed by atoms with Crippen molar-refractivity contribution in [3.05, 3.63) is 101 Å². The number of hydrogen-bond acceptors (Lipinski definition) is 4. The van der Waals surface area contributed by atoms with Gasteiger partial charge >= 0.3 is 6.18 Å². The molecule has 3 aromatic rings. The summed E-state index contributed by atoms with van der Waals surface area (Å²) in [5, 5.41) is 0. The highest BCUT2D eigenvalue weighted by Gasteiger charge is 2.49. The minimum atomic E-state index is -4.35. The Morgan fingerprint density at radius 3 is 1.80 bits per heavy atom. The molecule has 0 saturated carbocycles. The number of benzene rings is 3. The highest BCUT2D eigenvalue weighted by atomic mass is 19.4. The Morgan fingerprint density at radius 2 is 1.30 bits per heavy atom. The molecule has 0 unspecified atom stereocenters. The second-order valence-electron chi connectivity index (χ2n) is 10.1. The molecular formula is C30H29F5N4O. The number of rotatable bonds is 7. The summed E-state index contributed by atoms with van der Waals surface area (Å²) in [7, 11) is 0. The molecule has 5 nitrogen and oxygen atoms in total. The Hall–Kier alpha value is -3.79. The van der Waals surface area contributed by atoms with E-state index >= 15 is 0 Å². The molecule has 1 fully saturated rings.